The topological polar surface area (TPSA) is 58.2 Å². The Kier molecular flexibility index (Phi) is 4.84. The largest absolute Gasteiger partial charge is 0.494 e. The van der Waals surface area contributed by atoms with E-state index in [1.165, 1.54) is 0 Å². The summed E-state index contributed by atoms with van der Waals surface area (Å²) in [5.41, 5.74) is 4.06. The predicted molar refractivity (Wildman–Crippen MR) is 99.1 cm³/mol. The smallest absolute Gasteiger partial charge is 0.276 e. The number of hydrogen-bond donors (Lipinski definition) is 1. The van der Waals surface area contributed by atoms with Gasteiger partial charge in [0, 0.05) is 18.3 Å². The second-order valence-corrected chi connectivity index (χ2v) is 5.83. The fraction of sp³-hybridized carbons (Fsp3) is 0.200. The normalized spacial score (nSPS) is 10.5. The van der Waals surface area contributed by atoms with Gasteiger partial charge in [-0.3, -0.25) is 9.89 Å². The molecule has 0 unspecified atom stereocenters. The van der Waals surface area contributed by atoms with E-state index in [1.54, 1.807) is 18.0 Å². The summed E-state index contributed by atoms with van der Waals surface area (Å²) in [6.07, 6.45) is 0. The van der Waals surface area contributed by atoms with Crippen molar-refractivity contribution in [2.45, 2.75) is 13.8 Å². The number of aryl methyl sites for hydroxylation is 1. The molecule has 0 fully saturated rings. The first-order chi connectivity index (χ1) is 12.1. The zero-order valence-electron chi connectivity index (χ0n) is 14.6. The summed E-state index contributed by atoms with van der Waals surface area (Å²) in [4.78, 5) is 14.3. The lowest BCUT2D eigenvalue weighted by molar-refractivity contribution is 0.0988. The predicted octanol–water partition coefficient (Wildman–Crippen LogP) is 4.06. The molecule has 0 aliphatic rings. The standard InChI is InChI=1S/C20H21N3O2/c1-4-25-17-10-8-15(9-11-17)18-13-19(22-21-18)20(24)23(3)16-7-5-6-14(2)12-16/h5-13H,4H2,1-3H3,(H,21,22). The summed E-state index contributed by atoms with van der Waals surface area (Å²) in [6, 6.07) is 17.2. The Morgan fingerprint density at radius 2 is 1.92 bits per heavy atom. The summed E-state index contributed by atoms with van der Waals surface area (Å²) in [6.45, 7) is 4.58. The first kappa shape index (κ1) is 16.8. The average molecular weight is 335 g/mol. The van der Waals surface area contributed by atoms with Crippen LogP contribution < -0.4 is 9.64 Å². The molecule has 0 saturated heterocycles. The molecule has 0 atom stereocenters. The van der Waals surface area contributed by atoms with E-state index >= 15 is 0 Å². The van der Waals surface area contributed by atoms with Crippen LogP contribution in [0.15, 0.2) is 54.6 Å². The van der Waals surface area contributed by atoms with Gasteiger partial charge in [-0.25, -0.2) is 0 Å². The van der Waals surface area contributed by atoms with Gasteiger partial charge in [-0.1, -0.05) is 12.1 Å². The van der Waals surface area contributed by atoms with E-state index in [9.17, 15) is 4.79 Å². The molecule has 3 aromatic rings. The van der Waals surface area contributed by atoms with E-state index in [-0.39, 0.29) is 5.91 Å². The number of aromatic amines is 1. The Morgan fingerprint density at radius 1 is 1.16 bits per heavy atom. The molecule has 3 rings (SSSR count). The molecule has 25 heavy (non-hydrogen) atoms. The van der Waals surface area contributed by atoms with Crippen LogP contribution in [-0.4, -0.2) is 29.8 Å². The highest BCUT2D eigenvalue weighted by atomic mass is 16.5. The number of carbonyl (C=O) groups excluding carboxylic acids is 1. The van der Waals surface area contributed by atoms with E-state index in [4.69, 9.17) is 4.74 Å². The SMILES string of the molecule is CCOc1ccc(-c2cc(C(=O)N(C)c3cccc(C)c3)[nH]n2)cc1. The number of nitrogens with one attached hydrogen (secondary N) is 1. The molecular weight excluding hydrogens is 314 g/mol. The maximum atomic E-state index is 12.7. The van der Waals surface area contributed by atoms with Crippen molar-refractivity contribution in [3.8, 4) is 17.0 Å². The van der Waals surface area contributed by atoms with Crippen LogP contribution in [0.1, 0.15) is 23.0 Å². The third kappa shape index (κ3) is 3.71. The number of amides is 1. The van der Waals surface area contributed by atoms with Crippen LogP contribution in [0.3, 0.4) is 0 Å². The number of ether oxygens (including phenoxy) is 1. The first-order valence-corrected chi connectivity index (χ1v) is 8.22. The zero-order chi connectivity index (χ0) is 17.8. The van der Waals surface area contributed by atoms with Crippen molar-refractivity contribution >= 4 is 11.6 Å². The Bertz CT molecular complexity index is 869. The van der Waals surface area contributed by atoms with E-state index < -0.39 is 0 Å². The van der Waals surface area contributed by atoms with Gasteiger partial charge in [0.25, 0.3) is 5.91 Å². The molecule has 1 amide bonds. The van der Waals surface area contributed by atoms with Crippen molar-refractivity contribution in [1.82, 2.24) is 10.2 Å². The summed E-state index contributed by atoms with van der Waals surface area (Å²) in [5.74, 6) is 0.688. The third-order valence-corrected chi connectivity index (χ3v) is 3.96. The number of rotatable bonds is 5. The van der Waals surface area contributed by atoms with Crippen LogP contribution in [0.25, 0.3) is 11.3 Å². The molecule has 2 aromatic carbocycles. The zero-order valence-corrected chi connectivity index (χ0v) is 14.6. The first-order valence-electron chi connectivity index (χ1n) is 8.22. The minimum Gasteiger partial charge on any atom is -0.494 e. The quantitative estimate of drug-likeness (QED) is 0.765. The third-order valence-electron chi connectivity index (χ3n) is 3.96. The molecule has 1 N–H and O–H groups in total. The van der Waals surface area contributed by atoms with Gasteiger partial charge in [-0.2, -0.15) is 5.10 Å². The molecule has 5 nitrogen and oxygen atoms in total. The van der Waals surface area contributed by atoms with Crippen LogP contribution >= 0.6 is 0 Å². The van der Waals surface area contributed by atoms with Crippen LogP contribution in [0.2, 0.25) is 0 Å². The average Bonchev–Trinajstić information content (AvgIpc) is 3.11. The van der Waals surface area contributed by atoms with Crippen molar-refractivity contribution in [3.05, 3.63) is 65.9 Å². The Balaban J connectivity index is 1.79. The van der Waals surface area contributed by atoms with Gasteiger partial charge in [0.05, 0.1) is 12.3 Å². The maximum absolute atomic E-state index is 12.7. The summed E-state index contributed by atoms with van der Waals surface area (Å²) in [5, 5.41) is 7.10. The van der Waals surface area contributed by atoms with E-state index in [0.29, 0.717) is 12.3 Å². The van der Waals surface area contributed by atoms with Gasteiger partial charge in [-0.05, 0) is 61.9 Å². The fourth-order valence-electron chi connectivity index (χ4n) is 2.60. The second kappa shape index (κ2) is 7.21. The van der Waals surface area contributed by atoms with E-state index in [0.717, 1.165) is 28.3 Å². The lowest BCUT2D eigenvalue weighted by atomic mass is 10.1. The molecule has 1 aromatic heterocycles. The monoisotopic (exact) mass is 335 g/mol. The summed E-state index contributed by atoms with van der Waals surface area (Å²) < 4.78 is 5.44. The van der Waals surface area contributed by atoms with Gasteiger partial charge in [-0.15, -0.1) is 0 Å². The molecule has 0 bridgehead atoms. The second-order valence-electron chi connectivity index (χ2n) is 5.83. The van der Waals surface area contributed by atoms with Crippen molar-refractivity contribution in [2.24, 2.45) is 0 Å². The molecule has 5 heteroatoms. The number of benzene rings is 2. The molecule has 0 aliphatic heterocycles. The number of carbonyl (C=O) groups is 1. The number of anilines is 1. The van der Waals surface area contributed by atoms with Gasteiger partial charge in [0.1, 0.15) is 11.4 Å². The van der Waals surface area contributed by atoms with Gasteiger partial charge < -0.3 is 9.64 Å². The summed E-state index contributed by atoms with van der Waals surface area (Å²) in [7, 11) is 1.76. The van der Waals surface area contributed by atoms with Crippen molar-refractivity contribution in [1.29, 1.82) is 0 Å². The Hall–Kier alpha value is -3.08. The van der Waals surface area contributed by atoms with Crippen LogP contribution in [0, 0.1) is 6.92 Å². The van der Waals surface area contributed by atoms with Crippen molar-refractivity contribution < 1.29 is 9.53 Å². The van der Waals surface area contributed by atoms with Crippen LogP contribution in [0.5, 0.6) is 5.75 Å². The Morgan fingerprint density at radius 3 is 2.60 bits per heavy atom. The molecule has 0 saturated carbocycles. The maximum Gasteiger partial charge on any atom is 0.276 e. The lowest BCUT2D eigenvalue weighted by Crippen LogP contribution is -2.26. The highest BCUT2D eigenvalue weighted by Gasteiger charge is 2.17. The number of aromatic nitrogens is 2. The minimum atomic E-state index is -0.129. The van der Waals surface area contributed by atoms with Gasteiger partial charge in [0.2, 0.25) is 0 Å². The van der Waals surface area contributed by atoms with Crippen LogP contribution in [-0.2, 0) is 0 Å². The van der Waals surface area contributed by atoms with Crippen molar-refractivity contribution in [2.75, 3.05) is 18.6 Å². The van der Waals surface area contributed by atoms with E-state index in [2.05, 4.69) is 10.2 Å². The van der Waals surface area contributed by atoms with Crippen molar-refractivity contribution in [3.63, 3.8) is 0 Å². The highest BCUT2D eigenvalue weighted by Crippen LogP contribution is 2.23. The molecule has 0 spiro atoms. The fourth-order valence-corrected chi connectivity index (χ4v) is 2.60. The molecular formula is C20H21N3O2. The van der Waals surface area contributed by atoms with Crippen LogP contribution in [0.4, 0.5) is 5.69 Å². The number of hydrogen-bond acceptors (Lipinski definition) is 3. The molecule has 128 valence electrons. The van der Waals surface area contributed by atoms with E-state index in [1.807, 2.05) is 62.4 Å². The number of nitrogens with zero attached hydrogens (tertiary/aromatic N) is 2. The highest BCUT2D eigenvalue weighted by molar-refractivity contribution is 6.04. The lowest BCUT2D eigenvalue weighted by Gasteiger charge is -2.16. The minimum absolute atomic E-state index is 0.129. The molecule has 0 radical (unpaired) electrons. The number of H-pyrrole nitrogens is 1. The Labute approximate surface area is 147 Å². The van der Waals surface area contributed by atoms with Gasteiger partial charge in [0.15, 0.2) is 0 Å². The van der Waals surface area contributed by atoms with Gasteiger partial charge >= 0.3 is 0 Å². The molecule has 0 aliphatic carbocycles. The molecule has 1 heterocycles. The summed E-state index contributed by atoms with van der Waals surface area (Å²) >= 11 is 0.